The standard InChI is InChI=1S/C11H10N4O.ClH/c12-10-8-1-3-13-11(8)15-9(14-10)5-7-2-4-16-6-7;/h1-4,6H,5H2,(H3,12,13,14,15);1H. The van der Waals surface area contributed by atoms with Crippen LogP contribution in [0, 0.1) is 0 Å². The van der Waals surface area contributed by atoms with E-state index < -0.39 is 0 Å². The highest BCUT2D eigenvalue weighted by Gasteiger charge is 2.07. The predicted molar refractivity (Wildman–Crippen MR) is 67.1 cm³/mol. The van der Waals surface area contributed by atoms with Gasteiger partial charge in [0.15, 0.2) is 0 Å². The van der Waals surface area contributed by atoms with Crippen LogP contribution in [0.5, 0.6) is 0 Å². The van der Waals surface area contributed by atoms with E-state index in [1.807, 2.05) is 12.1 Å². The maximum atomic E-state index is 5.84. The van der Waals surface area contributed by atoms with Crippen molar-refractivity contribution in [2.24, 2.45) is 0 Å². The normalized spacial score (nSPS) is 10.4. The first-order valence-corrected chi connectivity index (χ1v) is 4.93. The summed E-state index contributed by atoms with van der Waals surface area (Å²) < 4.78 is 4.99. The Morgan fingerprint density at radius 2 is 2.18 bits per heavy atom. The molecular formula is C11H11ClN4O. The van der Waals surface area contributed by atoms with E-state index in [9.17, 15) is 0 Å². The van der Waals surface area contributed by atoms with E-state index in [1.165, 1.54) is 0 Å². The molecule has 3 aromatic rings. The molecule has 0 saturated heterocycles. The number of nitrogens with one attached hydrogen (secondary N) is 1. The third-order valence-electron chi connectivity index (χ3n) is 2.43. The molecule has 0 atom stereocenters. The molecule has 6 heteroatoms. The summed E-state index contributed by atoms with van der Waals surface area (Å²) in [6.07, 6.45) is 5.73. The minimum absolute atomic E-state index is 0. The quantitative estimate of drug-likeness (QED) is 0.730. The predicted octanol–water partition coefficient (Wildman–Crippen LogP) is 2.15. The van der Waals surface area contributed by atoms with Gasteiger partial charge in [-0.15, -0.1) is 12.4 Å². The number of rotatable bonds is 2. The molecule has 0 unspecified atom stereocenters. The second-order valence-corrected chi connectivity index (χ2v) is 3.57. The molecule has 3 N–H and O–H groups in total. The zero-order valence-electron chi connectivity index (χ0n) is 8.88. The lowest BCUT2D eigenvalue weighted by molar-refractivity contribution is 0.564. The molecule has 0 radical (unpaired) electrons. The minimum Gasteiger partial charge on any atom is -0.472 e. The summed E-state index contributed by atoms with van der Waals surface area (Å²) in [5.41, 5.74) is 7.64. The Bertz CT molecular complexity index is 617. The zero-order chi connectivity index (χ0) is 11.0. The van der Waals surface area contributed by atoms with Crippen molar-refractivity contribution in [2.45, 2.75) is 6.42 Å². The third kappa shape index (κ3) is 2.09. The number of anilines is 1. The van der Waals surface area contributed by atoms with Crippen molar-refractivity contribution in [3.8, 4) is 0 Å². The van der Waals surface area contributed by atoms with Gasteiger partial charge in [-0.25, -0.2) is 9.97 Å². The smallest absolute Gasteiger partial charge is 0.143 e. The zero-order valence-corrected chi connectivity index (χ0v) is 9.70. The Morgan fingerprint density at radius 1 is 1.29 bits per heavy atom. The monoisotopic (exact) mass is 250 g/mol. The number of aromatic nitrogens is 3. The van der Waals surface area contributed by atoms with Crippen LogP contribution in [-0.2, 0) is 6.42 Å². The van der Waals surface area contributed by atoms with Crippen molar-refractivity contribution in [2.75, 3.05) is 5.73 Å². The summed E-state index contributed by atoms with van der Waals surface area (Å²) >= 11 is 0. The van der Waals surface area contributed by atoms with Crippen LogP contribution >= 0.6 is 12.4 Å². The van der Waals surface area contributed by atoms with Gasteiger partial charge >= 0.3 is 0 Å². The molecule has 3 aromatic heterocycles. The van der Waals surface area contributed by atoms with Crippen molar-refractivity contribution in [3.63, 3.8) is 0 Å². The Labute approximate surface area is 103 Å². The number of aromatic amines is 1. The summed E-state index contributed by atoms with van der Waals surface area (Å²) in [7, 11) is 0. The molecule has 0 aliphatic heterocycles. The van der Waals surface area contributed by atoms with Gasteiger partial charge < -0.3 is 15.1 Å². The van der Waals surface area contributed by atoms with Crippen LogP contribution in [0.2, 0.25) is 0 Å². The van der Waals surface area contributed by atoms with Gasteiger partial charge in [-0.3, -0.25) is 0 Å². The Balaban J connectivity index is 0.00000108. The van der Waals surface area contributed by atoms with E-state index in [1.54, 1.807) is 18.7 Å². The highest BCUT2D eigenvalue weighted by Crippen LogP contribution is 2.17. The number of nitrogen functional groups attached to an aromatic ring is 1. The number of furan rings is 1. The van der Waals surface area contributed by atoms with Crippen LogP contribution in [0.4, 0.5) is 5.82 Å². The van der Waals surface area contributed by atoms with E-state index in [0.29, 0.717) is 18.1 Å². The van der Waals surface area contributed by atoms with E-state index in [4.69, 9.17) is 10.2 Å². The second kappa shape index (κ2) is 4.47. The molecule has 88 valence electrons. The molecular weight excluding hydrogens is 240 g/mol. The van der Waals surface area contributed by atoms with Gasteiger partial charge in [0.05, 0.1) is 17.9 Å². The van der Waals surface area contributed by atoms with Crippen LogP contribution in [0.15, 0.2) is 35.3 Å². The molecule has 0 bridgehead atoms. The summed E-state index contributed by atoms with van der Waals surface area (Å²) in [6.45, 7) is 0. The van der Waals surface area contributed by atoms with Gasteiger partial charge in [0.2, 0.25) is 0 Å². The average Bonchev–Trinajstić information content (AvgIpc) is 2.87. The largest absolute Gasteiger partial charge is 0.472 e. The molecule has 0 fully saturated rings. The van der Waals surface area contributed by atoms with E-state index in [2.05, 4.69) is 15.0 Å². The molecule has 0 saturated carbocycles. The van der Waals surface area contributed by atoms with Gasteiger partial charge in [0, 0.05) is 12.6 Å². The van der Waals surface area contributed by atoms with Crippen molar-refractivity contribution >= 4 is 29.3 Å². The lowest BCUT2D eigenvalue weighted by Gasteiger charge is -2.00. The third-order valence-corrected chi connectivity index (χ3v) is 2.43. The highest BCUT2D eigenvalue weighted by molar-refractivity contribution is 5.85. The van der Waals surface area contributed by atoms with E-state index in [0.717, 1.165) is 16.6 Å². The SMILES string of the molecule is Cl.Nc1nc(Cc2ccoc2)nc2[nH]ccc12. The Kier molecular flexibility index (Phi) is 3.01. The number of fused-ring (bicyclic) bond motifs is 1. The van der Waals surface area contributed by atoms with Gasteiger partial charge in [0.25, 0.3) is 0 Å². The fourth-order valence-electron chi connectivity index (χ4n) is 1.67. The van der Waals surface area contributed by atoms with E-state index in [-0.39, 0.29) is 12.4 Å². The number of halogens is 1. The van der Waals surface area contributed by atoms with Crippen molar-refractivity contribution in [3.05, 3.63) is 42.2 Å². The van der Waals surface area contributed by atoms with E-state index >= 15 is 0 Å². The Morgan fingerprint density at radius 3 is 2.94 bits per heavy atom. The summed E-state index contributed by atoms with van der Waals surface area (Å²) in [5, 5.41) is 0.857. The molecule has 3 rings (SSSR count). The van der Waals surface area contributed by atoms with Gasteiger partial charge in [-0.1, -0.05) is 0 Å². The van der Waals surface area contributed by atoms with Crippen molar-refractivity contribution in [1.29, 1.82) is 0 Å². The first-order valence-electron chi connectivity index (χ1n) is 4.93. The first kappa shape index (κ1) is 11.5. The maximum Gasteiger partial charge on any atom is 0.143 e. The van der Waals surface area contributed by atoms with Crippen LogP contribution in [0.3, 0.4) is 0 Å². The molecule has 0 aliphatic carbocycles. The number of nitrogens with two attached hydrogens (primary N) is 1. The summed E-state index contributed by atoms with van der Waals surface area (Å²) in [4.78, 5) is 11.7. The van der Waals surface area contributed by atoms with Crippen LogP contribution in [0.1, 0.15) is 11.4 Å². The number of hydrogen-bond acceptors (Lipinski definition) is 4. The first-order chi connectivity index (χ1) is 7.83. The van der Waals surface area contributed by atoms with Crippen LogP contribution in [0.25, 0.3) is 11.0 Å². The second-order valence-electron chi connectivity index (χ2n) is 3.57. The van der Waals surface area contributed by atoms with Crippen LogP contribution < -0.4 is 5.73 Å². The molecule has 0 aromatic carbocycles. The molecule has 0 amide bonds. The highest BCUT2D eigenvalue weighted by atomic mass is 35.5. The molecule has 3 heterocycles. The van der Waals surface area contributed by atoms with Gasteiger partial charge in [-0.2, -0.15) is 0 Å². The lowest BCUT2D eigenvalue weighted by atomic mass is 10.2. The summed E-state index contributed by atoms with van der Waals surface area (Å²) in [5.74, 6) is 1.19. The fourth-order valence-corrected chi connectivity index (χ4v) is 1.67. The Hall–Kier alpha value is -2.01. The molecule has 0 spiro atoms. The summed E-state index contributed by atoms with van der Waals surface area (Å²) in [6, 6.07) is 3.75. The van der Waals surface area contributed by atoms with Crippen molar-refractivity contribution < 1.29 is 4.42 Å². The maximum absolute atomic E-state index is 5.84. The minimum atomic E-state index is 0. The van der Waals surface area contributed by atoms with Crippen molar-refractivity contribution in [1.82, 2.24) is 15.0 Å². The fraction of sp³-hybridized carbons (Fsp3) is 0.0909. The van der Waals surface area contributed by atoms with Gasteiger partial charge in [-0.05, 0) is 17.7 Å². The number of nitrogens with zero attached hydrogens (tertiary/aromatic N) is 2. The topological polar surface area (TPSA) is 80.7 Å². The molecule has 0 aliphatic rings. The molecule has 17 heavy (non-hydrogen) atoms. The van der Waals surface area contributed by atoms with Crippen LogP contribution in [-0.4, -0.2) is 15.0 Å². The average molecular weight is 251 g/mol. The lowest BCUT2D eigenvalue weighted by Crippen LogP contribution is -2.00. The van der Waals surface area contributed by atoms with Gasteiger partial charge in [0.1, 0.15) is 17.3 Å². The number of H-pyrrole nitrogens is 1. The molecule has 5 nitrogen and oxygen atoms in total. The number of hydrogen-bond donors (Lipinski definition) is 2.